The predicted octanol–water partition coefficient (Wildman–Crippen LogP) is 2.81. The SMILES string of the molecule is COc1ccc([C@H]2OC(c3ccc(C#N)cc3)=NN2C(C)=O)cc1. The van der Waals surface area contributed by atoms with Crippen molar-refractivity contribution in [2.75, 3.05) is 7.11 Å². The highest BCUT2D eigenvalue weighted by Gasteiger charge is 2.33. The van der Waals surface area contributed by atoms with Gasteiger partial charge in [-0.15, -0.1) is 5.10 Å². The van der Waals surface area contributed by atoms with Gasteiger partial charge in [-0.3, -0.25) is 4.79 Å². The zero-order valence-electron chi connectivity index (χ0n) is 13.3. The molecule has 2 aromatic rings. The fourth-order valence-corrected chi connectivity index (χ4v) is 2.36. The Hall–Kier alpha value is -3.33. The molecule has 0 N–H and O–H groups in total. The molecule has 1 heterocycles. The van der Waals surface area contributed by atoms with E-state index in [0.29, 0.717) is 17.0 Å². The fraction of sp³-hybridized carbons (Fsp3) is 0.167. The fourth-order valence-electron chi connectivity index (χ4n) is 2.36. The Labute approximate surface area is 139 Å². The zero-order chi connectivity index (χ0) is 17.1. The molecule has 0 spiro atoms. The van der Waals surface area contributed by atoms with E-state index < -0.39 is 6.23 Å². The van der Waals surface area contributed by atoms with Gasteiger partial charge >= 0.3 is 0 Å². The number of hydrazone groups is 1. The number of hydrogen-bond acceptors (Lipinski definition) is 5. The highest BCUT2D eigenvalue weighted by molar-refractivity contribution is 5.96. The van der Waals surface area contributed by atoms with Crippen molar-refractivity contribution >= 4 is 11.8 Å². The maximum Gasteiger partial charge on any atom is 0.243 e. The van der Waals surface area contributed by atoms with Crippen LogP contribution in [0, 0.1) is 11.3 Å². The van der Waals surface area contributed by atoms with Crippen molar-refractivity contribution in [2.24, 2.45) is 5.10 Å². The molecule has 24 heavy (non-hydrogen) atoms. The van der Waals surface area contributed by atoms with Crippen molar-refractivity contribution in [1.29, 1.82) is 5.26 Å². The van der Waals surface area contributed by atoms with Gasteiger partial charge in [0.25, 0.3) is 0 Å². The summed E-state index contributed by atoms with van der Waals surface area (Å²) in [6.45, 7) is 1.44. The van der Waals surface area contributed by atoms with E-state index in [4.69, 9.17) is 14.7 Å². The Kier molecular flexibility index (Phi) is 4.17. The van der Waals surface area contributed by atoms with Gasteiger partial charge in [-0.1, -0.05) is 0 Å². The monoisotopic (exact) mass is 321 g/mol. The number of rotatable bonds is 3. The van der Waals surface area contributed by atoms with E-state index in [1.807, 2.05) is 12.1 Å². The number of hydrogen-bond donors (Lipinski definition) is 0. The first-order valence-corrected chi connectivity index (χ1v) is 7.32. The number of carbonyl (C=O) groups excluding carboxylic acids is 1. The molecule has 0 bridgehead atoms. The number of methoxy groups -OCH3 is 1. The van der Waals surface area contributed by atoms with Crippen LogP contribution < -0.4 is 4.74 Å². The third-order valence-corrected chi connectivity index (χ3v) is 3.63. The summed E-state index contributed by atoms with van der Waals surface area (Å²) in [4.78, 5) is 11.9. The second-order valence-corrected chi connectivity index (χ2v) is 5.20. The molecule has 0 saturated heterocycles. The Morgan fingerprint density at radius 3 is 2.42 bits per heavy atom. The molecule has 0 radical (unpaired) electrons. The van der Waals surface area contributed by atoms with Gasteiger partial charge in [0.05, 0.1) is 18.7 Å². The zero-order valence-corrected chi connectivity index (χ0v) is 13.3. The van der Waals surface area contributed by atoms with Crippen molar-refractivity contribution in [2.45, 2.75) is 13.2 Å². The van der Waals surface area contributed by atoms with E-state index in [1.54, 1.807) is 43.5 Å². The van der Waals surface area contributed by atoms with Crippen LogP contribution >= 0.6 is 0 Å². The molecular weight excluding hydrogens is 306 g/mol. The van der Waals surface area contributed by atoms with E-state index in [-0.39, 0.29) is 5.91 Å². The minimum Gasteiger partial charge on any atom is -0.497 e. The number of amides is 1. The molecule has 2 aromatic carbocycles. The van der Waals surface area contributed by atoms with Gasteiger partial charge in [0.2, 0.25) is 18.0 Å². The largest absolute Gasteiger partial charge is 0.497 e. The maximum atomic E-state index is 11.9. The molecule has 1 aliphatic rings. The van der Waals surface area contributed by atoms with Crippen LogP contribution in [0.4, 0.5) is 0 Å². The molecule has 1 amide bonds. The van der Waals surface area contributed by atoms with Gasteiger partial charge in [0.15, 0.2) is 0 Å². The summed E-state index contributed by atoms with van der Waals surface area (Å²) < 4.78 is 11.0. The normalized spacial score (nSPS) is 16.1. The predicted molar refractivity (Wildman–Crippen MR) is 87.0 cm³/mol. The molecule has 0 aromatic heterocycles. The number of ether oxygens (including phenoxy) is 2. The van der Waals surface area contributed by atoms with Crippen molar-refractivity contribution in [3.8, 4) is 11.8 Å². The molecule has 0 aliphatic carbocycles. The molecule has 0 unspecified atom stereocenters. The smallest absolute Gasteiger partial charge is 0.243 e. The molecule has 1 atom stereocenters. The Morgan fingerprint density at radius 2 is 1.88 bits per heavy atom. The molecule has 1 aliphatic heterocycles. The first-order chi connectivity index (χ1) is 11.6. The lowest BCUT2D eigenvalue weighted by atomic mass is 10.1. The molecule has 0 fully saturated rings. The number of nitrogens with zero attached hydrogens (tertiary/aromatic N) is 3. The van der Waals surface area contributed by atoms with Crippen LogP contribution in [0.25, 0.3) is 0 Å². The van der Waals surface area contributed by atoms with Gasteiger partial charge in [0, 0.05) is 18.1 Å². The summed E-state index contributed by atoms with van der Waals surface area (Å²) >= 11 is 0. The average Bonchev–Trinajstić information content (AvgIpc) is 3.07. The van der Waals surface area contributed by atoms with E-state index in [0.717, 1.165) is 11.3 Å². The van der Waals surface area contributed by atoms with Crippen LogP contribution in [0.1, 0.15) is 29.8 Å². The molecular formula is C18H15N3O3. The van der Waals surface area contributed by atoms with Crippen molar-refractivity contribution in [1.82, 2.24) is 5.01 Å². The van der Waals surface area contributed by atoms with Gasteiger partial charge < -0.3 is 9.47 Å². The van der Waals surface area contributed by atoms with Gasteiger partial charge in [-0.2, -0.15) is 10.3 Å². The second-order valence-electron chi connectivity index (χ2n) is 5.20. The van der Waals surface area contributed by atoms with Gasteiger partial charge in [0.1, 0.15) is 5.75 Å². The number of nitriles is 1. The number of carbonyl (C=O) groups is 1. The Balaban J connectivity index is 1.89. The molecule has 3 rings (SSSR count). The molecule has 0 saturated carbocycles. The van der Waals surface area contributed by atoms with Crippen molar-refractivity contribution < 1.29 is 14.3 Å². The van der Waals surface area contributed by atoms with Crippen LogP contribution in [0.3, 0.4) is 0 Å². The highest BCUT2D eigenvalue weighted by atomic mass is 16.5. The van der Waals surface area contributed by atoms with E-state index in [2.05, 4.69) is 11.2 Å². The summed E-state index contributed by atoms with van der Waals surface area (Å²) in [6.07, 6.45) is -0.626. The van der Waals surface area contributed by atoms with Crippen molar-refractivity contribution in [3.05, 3.63) is 65.2 Å². The summed E-state index contributed by atoms with van der Waals surface area (Å²) in [5.41, 5.74) is 2.04. The molecule has 6 heteroatoms. The Bertz CT molecular complexity index is 820. The molecule has 6 nitrogen and oxygen atoms in total. The van der Waals surface area contributed by atoms with Gasteiger partial charge in [-0.05, 0) is 48.5 Å². The lowest BCUT2D eigenvalue weighted by Crippen LogP contribution is -2.25. The molecule has 120 valence electrons. The number of benzene rings is 2. The van der Waals surface area contributed by atoms with E-state index >= 15 is 0 Å². The topological polar surface area (TPSA) is 74.9 Å². The minimum atomic E-state index is -0.626. The van der Waals surface area contributed by atoms with Crippen LogP contribution in [0.2, 0.25) is 0 Å². The summed E-state index contributed by atoms with van der Waals surface area (Å²) in [7, 11) is 1.59. The minimum absolute atomic E-state index is 0.223. The van der Waals surface area contributed by atoms with Crippen LogP contribution in [-0.2, 0) is 9.53 Å². The first kappa shape index (κ1) is 15.6. The third kappa shape index (κ3) is 2.92. The second kappa shape index (κ2) is 6.42. The highest BCUT2D eigenvalue weighted by Crippen LogP contribution is 2.31. The average molecular weight is 321 g/mol. The summed E-state index contributed by atoms with van der Waals surface area (Å²) in [6, 6.07) is 16.2. The Morgan fingerprint density at radius 1 is 1.21 bits per heavy atom. The summed E-state index contributed by atoms with van der Waals surface area (Å²) in [5.74, 6) is 0.842. The van der Waals surface area contributed by atoms with E-state index in [9.17, 15) is 4.79 Å². The van der Waals surface area contributed by atoms with Gasteiger partial charge in [-0.25, -0.2) is 0 Å². The van der Waals surface area contributed by atoms with Crippen LogP contribution in [-0.4, -0.2) is 23.9 Å². The lowest BCUT2D eigenvalue weighted by molar-refractivity contribution is -0.135. The lowest BCUT2D eigenvalue weighted by Gasteiger charge is -2.19. The first-order valence-electron chi connectivity index (χ1n) is 7.32. The third-order valence-electron chi connectivity index (χ3n) is 3.63. The van der Waals surface area contributed by atoms with Crippen molar-refractivity contribution in [3.63, 3.8) is 0 Å². The van der Waals surface area contributed by atoms with Crippen LogP contribution in [0.15, 0.2) is 53.6 Å². The summed E-state index contributed by atoms with van der Waals surface area (Å²) in [5, 5.41) is 14.4. The maximum absolute atomic E-state index is 11.9. The van der Waals surface area contributed by atoms with Crippen LogP contribution in [0.5, 0.6) is 5.75 Å². The quantitative estimate of drug-likeness (QED) is 0.871. The van der Waals surface area contributed by atoms with E-state index in [1.165, 1.54) is 11.9 Å². The standard InChI is InChI=1S/C18H15N3O3/c1-12(22)21-18(15-7-9-16(23-2)10-8-15)24-17(20-21)14-5-3-13(11-19)4-6-14/h3-10,18H,1-2H3/t18-/m1/s1.